The summed E-state index contributed by atoms with van der Waals surface area (Å²) in [7, 11) is 0. The molecule has 7 heteroatoms. The van der Waals surface area contributed by atoms with Gasteiger partial charge in [-0.1, -0.05) is 23.2 Å². The van der Waals surface area contributed by atoms with Crippen molar-refractivity contribution in [3.8, 4) is 0 Å². The van der Waals surface area contributed by atoms with Crippen molar-refractivity contribution in [2.24, 2.45) is 0 Å². The van der Waals surface area contributed by atoms with Crippen molar-refractivity contribution in [3.63, 3.8) is 0 Å². The molecule has 0 spiro atoms. The van der Waals surface area contributed by atoms with E-state index in [4.69, 9.17) is 23.2 Å². The molecular weight excluding hydrogens is 275 g/mol. The molecule has 0 atom stereocenters. The van der Waals surface area contributed by atoms with Crippen molar-refractivity contribution in [1.29, 1.82) is 0 Å². The summed E-state index contributed by atoms with van der Waals surface area (Å²) in [6, 6.07) is 4.36. The molecule has 2 aromatic rings. The van der Waals surface area contributed by atoms with E-state index in [1.165, 1.54) is 18.6 Å². The molecular formula is C11H8Cl2N4O. The number of carbonyl (C=O) groups excluding carboxylic acids is 1. The summed E-state index contributed by atoms with van der Waals surface area (Å²) in [6.45, 7) is 0. The second-order valence-corrected chi connectivity index (χ2v) is 4.11. The molecule has 1 aromatic carbocycles. The van der Waals surface area contributed by atoms with Crippen LogP contribution in [-0.2, 0) is 0 Å². The van der Waals surface area contributed by atoms with Gasteiger partial charge < -0.3 is 5.32 Å². The zero-order valence-electron chi connectivity index (χ0n) is 9.02. The molecule has 0 aliphatic heterocycles. The highest BCUT2D eigenvalue weighted by molar-refractivity contribution is 6.42. The number of nitrogens with one attached hydrogen (secondary N) is 2. The minimum absolute atomic E-state index is 0.357. The minimum atomic E-state index is -0.436. The van der Waals surface area contributed by atoms with Gasteiger partial charge in [0.05, 0.1) is 16.2 Å². The first-order chi connectivity index (χ1) is 8.65. The second-order valence-electron chi connectivity index (χ2n) is 3.30. The molecule has 0 saturated carbocycles. The van der Waals surface area contributed by atoms with E-state index in [1.54, 1.807) is 18.2 Å². The highest BCUT2D eigenvalue weighted by atomic mass is 35.5. The van der Waals surface area contributed by atoms with Crippen molar-refractivity contribution >= 4 is 40.7 Å². The fourth-order valence-electron chi connectivity index (χ4n) is 1.22. The lowest BCUT2D eigenvalue weighted by Crippen LogP contribution is -2.20. The number of hydrogen-bond acceptors (Lipinski definition) is 3. The van der Waals surface area contributed by atoms with Crippen LogP contribution in [0.1, 0.15) is 0 Å². The van der Waals surface area contributed by atoms with E-state index < -0.39 is 6.03 Å². The minimum Gasteiger partial charge on any atom is -0.308 e. The van der Waals surface area contributed by atoms with Crippen molar-refractivity contribution in [2.75, 3.05) is 10.6 Å². The molecule has 92 valence electrons. The number of hydrogen-bond donors (Lipinski definition) is 2. The Kier molecular flexibility index (Phi) is 3.96. The third-order valence-corrected chi connectivity index (χ3v) is 2.72. The molecule has 0 aliphatic rings. The van der Waals surface area contributed by atoms with E-state index in [1.807, 2.05) is 0 Å². The first kappa shape index (κ1) is 12.6. The standard InChI is InChI=1S/C11H8Cl2N4O/c12-8-2-1-7(5-9(8)13)16-11(18)17-10-6-14-3-4-15-10/h1-6H,(H2,15,16,17,18). The van der Waals surface area contributed by atoms with Crippen molar-refractivity contribution in [1.82, 2.24) is 9.97 Å². The smallest absolute Gasteiger partial charge is 0.308 e. The Labute approximate surface area is 113 Å². The van der Waals surface area contributed by atoms with Gasteiger partial charge in [-0.15, -0.1) is 0 Å². The number of aromatic nitrogens is 2. The molecule has 0 fully saturated rings. The summed E-state index contributed by atoms with van der Waals surface area (Å²) in [6.07, 6.45) is 4.44. The molecule has 18 heavy (non-hydrogen) atoms. The Bertz CT molecular complexity index is 562. The highest BCUT2D eigenvalue weighted by Crippen LogP contribution is 2.24. The van der Waals surface area contributed by atoms with Gasteiger partial charge in [0.15, 0.2) is 5.82 Å². The Morgan fingerprint density at radius 1 is 1.11 bits per heavy atom. The lowest BCUT2D eigenvalue weighted by atomic mass is 10.3. The van der Waals surface area contributed by atoms with Crippen molar-refractivity contribution in [3.05, 3.63) is 46.8 Å². The summed E-state index contributed by atoms with van der Waals surface area (Å²) in [5, 5.41) is 5.92. The van der Waals surface area contributed by atoms with E-state index in [0.717, 1.165) is 0 Å². The van der Waals surface area contributed by atoms with Crippen LogP contribution in [0.2, 0.25) is 10.0 Å². The first-order valence-electron chi connectivity index (χ1n) is 4.94. The quantitative estimate of drug-likeness (QED) is 0.887. The van der Waals surface area contributed by atoms with Gasteiger partial charge in [-0.2, -0.15) is 0 Å². The van der Waals surface area contributed by atoms with Gasteiger partial charge in [0.1, 0.15) is 0 Å². The lowest BCUT2D eigenvalue weighted by Gasteiger charge is -2.07. The van der Waals surface area contributed by atoms with Crippen LogP contribution in [-0.4, -0.2) is 16.0 Å². The number of halogens is 2. The van der Waals surface area contributed by atoms with Gasteiger partial charge in [-0.05, 0) is 18.2 Å². The maximum absolute atomic E-state index is 11.6. The van der Waals surface area contributed by atoms with Gasteiger partial charge in [0, 0.05) is 18.1 Å². The fourth-order valence-corrected chi connectivity index (χ4v) is 1.51. The fraction of sp³-hybridized carbons (Fsp3) is 0. The number of carbonyl (C=O) groups is 1. The number of rotatable bonds is 2. The van der Waals surface area contributed by atoms with Crippen LogP contribution in [0, 0.1) is 0 Å². The van der Waals surface area contributed by atoms with Gasteiger partial charge >= 0.3 is 6.03 Å². The maximum Gasteiger partial charge on any atom is 0.324 e. The van der Waals surface area contributed by atoms with Crippen molar-refractivity contribution < 1.29 is 4.79 Å². The third-order valence-electron chi connectivity index (χ3n) is 1.98. The molecule has 0 radical (unpaired) electrons. The van der Waals surface area contributed by atoms with Crippen LogP contribution in [0.5, 0.6) is 0 Å². The zero-order chi connectivity index (χ0) is 13.0. The summed E-state index contributed by atoms with van der Waals surface area (Å²) >= 11 is 11.6. The molecule has 2 rings (SSSR count). The molecule has 0 unspecified atom stereocenters. The summed E-state index contributed by atoms with van der Waals surface area (Å²) in [5.41, 5.74) is 0.533. The van der Waals surface area contributed by atoms with Crippen LogP contribution in [0.4, 0.5) is 16.3 Å². The number of anilines is 2. The van der Waals surface area contributed by atoms with Gasteiger partial charge in [0.2, 0.25) is 0 Å². The van der Waals surface area contributed by atoms with E-state index in [0.29, 0.717) is 21.6 Å². The molecule has 1 heterocycles. The monoisotopic (exact) mass is 282 g/mol. The predicted molar refractivity (Wildman–Crippen MR) is 71.1 cm³/mol. The molecule has 2 amide bonds. The topological polar surface area (TPSA) is 66.9 Å². The summed E-state index contributed by atoms with van der Waals surface area (Å²) in [5.74, 6) is 0.357. The number of nitrogens with zero attached hydrogens (tertiary/aromatic N) is 2. The van der Waals surface area contributed by atoms with Gasteiger partial charge in [0.25, 0.3) is 0 Å². The Morgan fingerprint density at radius 3 is 2.61 bits per heavy atom. The Balaban J connectivity index is 2.01. The Hall–Kier alpha value is -1.85. The van der Waals surface area contributed by atoms with Gasteiger partial charge in [-0.25, -0.2) is 9.78 Å². The second kappa shape index (κ2) is 5.66. The molecule has 0 bridgehead atoms. The largest absolute Gasteiger partial charge is 0.324 e. The molecule has 0 saturated heterocycles. The van der Waals surface area contributed by atoms with E-state index in [9.17, 15) is 4.79 Å². The molecule has 1 aromatic heterocycles. The number of amides is 2. The summed E-state index contributed by atoms with van der Waals surface area (Å²) < 4.78 is 0. The zero-order valence-corrected chi connectivity index (χ0v) is 10.5. The van der Waals surface area contributed by atoms with Crippen LogP contribution >= 0.6 is 23.2 Å². The predicted octanol–water partition coefficient (Wildman–Crippen LogP) is 3.43. The number of urea groups is 1. The van der Waals surface area contributed by atoms with Crippen LogP contribution in [0.3, 0.4) is 0 Å². The maximum atomic E-state index is 11.6. The third kappa shape index (κ3) is 3.32. The molecule has 5 nitrogen and oxygen atoms in total. The molecule has 0 aliphatic carbocycles. The van der Waals surface area contributed by atoms with E-state index >= 15 is 0 Å². The van der Waals surface area contributed by atoms with Crippen molar-refractivity contribution in [2.45, 2.75) is 0 Å². The van der Waals surface area contributed by atoms with E-state index in [-0.39, 0.29) is 0 Å². The van der Waals surface area contributed by atoms with Crippen LogP contribution in [0.25, 0.3) is 0 Å². The average molecular weight is 283 g/mol. The van der Waals surface area contributed by atoms with Crippen LogP contribution < -0.4 is 10.6 Å². The number of benzene rings is 1. The SMILES string of the molecule is O=C(Nc1ccc(Cl)c(Cl)c1)Nc1cnccn1. The van der Waals surface area contributed by atoms with Gasteiger partial charge in [-0.3, -0.25) is 10.3 Å². The molecule has 2 N–H and O–H groups in total. The normalized spacial score (nSPS) is 9.89. The summed E-state index contributed by atoms with van der Waals surface area (Å²) in [4.78, 5) is 19.3. The van der Waals surface area contributed by atoms with E-state index in [2.05, 4.69) is 20.6 Å². The highest BCUT2D eigenvalue weighted by Gasteiger charge is 2.05. The lowest BCUT2D eigenvalue weighted by molar-refractivity contribution is 0.262. The first-order valence-corrected chi connectivity index (χ1v) is 5.70. The Morgan fingerprint density at radius 2 is 1.94 bits per heavy atom. The van der Waals surface area contributed by atoms with Crippen LogP contribution in [0.15, 0.2) is 36.8 Å². The average Bonchev–Trinajstić information content (AvgIpc) is 2.35.